The number of halogens is 1. The molecule has 2 aromatic carbocycles. The average Bonchev–Trinajstić information content (AvgIpc) is 3.43. The van der Waals surface area contributed by atoms with E-state index in [-0.39, 0.29) is 5.82 Å². The smallest absolute Gasteiger partial charge is 0.439 e. The number of anilines is 1. The van der Waals surface area contributed by atoms with Crippen molar-refractivity contribution in [2.75, 3.05) is 18.5 Å². The van der Waals surface area contributed by atoms with Crippen molar-refractivity contribution in [1.29, 1.82) is 0 Å². The molecule has 0 saturated heterocycles. The molecule has 3 heterocycles. The molecule has 36 heavy (non-hydrogen) atoms. The third kappa shape index (κ3) is 4.57. The highest BCUT2D eigenvalue weighted by atomic mass is 19.1. The van der Waals surface area contributed by atoms with Gasteiger partial charge in [-0.1, -0.05) is 11.2 Å². The second-order valence-electron chi connectivity index (χ2n) is 8.40. The molecular weight excluding hydrogens is 463 g/mol. The highest BCUT2D eigenvalue weighted by Gasteiger charge is 2.14. The van der Waals surface area contributed by atoms with E-state index in [0.717, 1.165) is 27.7 Å². The lowest BCUT2D eigenvalue weighted by Gasteiger charge is -2.12. The second-order valence-corrected chi connectivity index (χ2v) is 8.40. The van der Waals surface area contributed by atoms with Gasteiger partial charge in [0.2, 0.25) is 0 Å². The Morgan fingerprint density at radius 1 is 1.14 bits per heavy atom. The highest BCUT2D eigenvalue weighted by molar-refractivity contribution is 5.84. The van der Waals surface area contributed by atoms with E-state index in [4.69, 9.17) is 4.74 Å². The van der Waals surface area contributed by atoms with Crippen molar-refractivity contribution >= 4 is 16.7 Å². The SMILES string of the molecule is CCOc1cc(-c2cc(NCCn3c(C)cc4c(C)cc(F)cc43)ncn2)ccc1-c1noc(=O)[nH]1. The normalized spacial score (nSPS) is 11.2. The monoisotopic (exact) mass is 488 g/mol. The first kappa shape index (κ1) is 23.3. The average molecular weight is 489 g/mol. The van der Waals surface area contributed by atoms with Gasteiger partial charge < -0.3 is 14.6 Å². The lowest BCUT2D eigenvalue weighted by atomic mass is 10.1. The standard InChI is InChI=1S/C26H25FN6O3/c1-4-35-23-11-17(5-6-19(23)25-31-26(34)36-32-25)21-13-24(30-14-29-21)28-7-8-33-16(3)10-20-15(2)9-18(27)12-22(20)33/h5-6,9-14H,4,7-8H2,1-3H3,(H,28,29,30)(H,31,32,34). The lowest BCUT2D eigenvalue weighted by Crippen LogP contribution is -2.12. The maximum absolute atomic E-state index is 14.0. The van der Waals surface area contributed by atoms with Gasteiger partial charge in [-0.15, -0.1) is 0 Å². The summed E-state index contributed by atoms with van der Waals surface area (Å²) in [6, 6.07) is 12.6. The van der Waals surface area contributed by atoms with Gasteiger partial charge in [-0.25, -0.2) is 19.2 Å². The van der Waals surface area contributed by atoms with E-state index in [9.17, 15) is 9.18 Å². The molecule has 184 valence electrons. The lowest BCUT2D eigenvalue weighted by molar-refractivity contribution is 0.341. The summed E-state index contributed by atoms with van der Waals surface area (Å²) >= 11 is 0. The van der Waals surface area contributed by atoms with Crippen LogP contribution >= 0.6 is 0 Å². The Hall–Kier alpha value is -4.47. The van der Waals surface area contributed by atoms with Gasteiger partial charge in [-0.3, -0.25) is 9.51 Å². The molecule has 3 aromatic heterocycles. The van der Waals surface area contributed by atoms with Crippen LogP contribution in [0.3, 0.4) is 0 Å². The first-order chi connectivity index (χ1) is 17.4. The number of fused-ring (bicyclic) bond motifs is 1. The minimum atomic E-state index is -0.633. The molecule has 0 radical (unpaired) electrons. The molecule has 0 spiro atoms. The summed E-state index contributed by atoms with van der Waals surface area (Å²) in [5.74, 6) is 0.638. The van der Waals surface area contributed by atoms with Crippen molar-refractivity contribution in [2.24, 2.45) is 0 Å². The van der Waals surface area contributed by atoms with Crippen LogP contribution in [0.1, 0.15) is 18.2 Å². The predicted molar refractivity (Wildman–Crippen MR) is 135 cm³/mol. The largest absolute Gasteiger partial charge is 0.493 e. The number of aryl methyl sites for hydroxylation is 2. The fourth-order valence-electron chi connectivity index (χ4n) is 4.33. The molecule has 0 saturated carbocycles. The number of aromatic nitrogens is 5. The van der Waals surface area contributed by atoms with Crippen LogP contribution in [0.5, 0.6) is 5.75 Å². The van der Waals surface area contributed by atoms with Crippen LogP contribution < -0.4 is 15.8 Å². The summed E-state index contributed by atoms with van der Waals surface area (Å²) < 4.78 is 26.5. The first-order valence-electron chi connectivity index (χ1n) is 11.6. The maximum Gasteiger partial charge on any atom is 0.439 e. The Morgan fingerprint density at radius 3 is 2.78 bits per heavy atom. The molecule has 5 rings (SSSR count). The summed E-state index contributed by atoms with van der Waals surface area (Å²) in [7, 11) is 0. The number of nitrogens with zero attached hydrogens (tertiary/aromatic N) is 4. The van der Waals surface area contributed by atoms with Crippen LogP contribution in [0, 0.1) is 19.7 Å². The predicted octanol–water partition coefficient (Wildman–Crippen LogP) is 4.71. The number of rotatable bonds is 8. The van der Waals surface area contributed by atoms with Gasteiger partial charge in [0.15, 0.2) is 5.82 Å². The fraction of sp³-hybridized carbons (Fsp3) is 0.231. The van der Waals surface area contributed by atoms with Gasteiger partial charge in [0, 0.05) is 35.8 Å². The summed E-state index contributed by atoms with van der Waals surface area (Å²) in [4.78, 5) is 22.7. The Kier molecular flexibility index (Phi) is 6.24. The van der Waals surface area contributed by atoms with Crippen LogP contribution in [-0.2, 0) is 6.54 Å². The van der Waals surface area contributed by atoms with Crippen molar-refractivity contribution < 1.29 is 13.7 Å². The van der Waals surface area contributed by atoms with Gasteiger partial charge in [-0.05, 0) is 56.7 Å². The topological polar surface area (TPSA) is 111 Å². The highest BCUT2D eigenvalue weighted by Crippen LogP contribution is 2.32. The third-order valence-corrected chi connectivity index (χ3v) is 5.98. The van der Waals surface area contributed by atoms with Gasteiger partial charge in [0.05, 0.1) is 23.4 Å². The van der Waals surface area contributed by atoms with Crippen LogP contribution in [0.15, 0.2) is 58.1 Å². The van der Waals surface area contributed by atoms with Gasteiger partial charge in [-0.2, -0.15) is 0 Å². The van der Waals surface area contributed by atoms with Gasteiger partial charge in [0.25, 0.3) is 0 Å². The zero-order valence-corrected chi connectivity index (χ0v) is 20.1. The quantitative estimate of drug-likeness (QED) is 0.325. The number of aromatic amines is 1. The molecule has 0 fully saturated rings. The Morgan fingerprint density at radius 2 is 2.00 bits per heavy atom. The zero-order valence-electron chi connectivity index (χ0n) is 20.1. The molecule has 9 nitrogen and oxygen atoms in total. The maximum atomic E-state index is 14.0. The molecule has 0 atom stereocenters. The van der Waals surface area contributed by atoms with Crippen LogP contribution in [-0.4, -0.2) is 37.8 Å². The van der Waals surface area contributed by atoms with Crippen molar-refractivity contribution in [3.63, 3.8) is 0 Å². The van der Waals surface area contributed by atoms with Crippen molar-refractivity contribution in [1.82, 2.24) is 24.7 Å². The summed E-state index contributed by atoms with van der Waals surface area (Å²) in [5, 5.41) is 8.15. The number of hydrogen-bond donors (Lipinski definition) is 2. The van der Waals surface area contributed by atoms with E-state index < -0.39 is 5.76 Å². The number of nitrogens with one attached hydrogen (secondary N) is 2. The number of hydrogen-bond acceptors (Lipinski definition) is 7. The van der Waals surface area contributed by atoms with E-state index in [0.29, 0.717) is 48.3 Å². The van der Waals surface area contributed by atoms with Crippen LogP contribution in [0.25, 0.3) is 33.5 Å². The Bertz CT molecular complexity index is 1600. The molecule has 0 aliphatic heterocycles. The fourth-order valence-corrected chi connectivity index (χ4v) is 4.33. The van der Waals surface area contributed by atoms with E-state index >= 15 is 0 Å². The number of benzene rings is 2. The summed E-state index contributed by atoms with van der Waals surface area (Å²) in [6.45, 7) is 7.50. The number of H-pyrrole nitrogens is 1. The molecule has 5 aromatic rings. The number of ether oxygens (including phenoxy) is 1. The third-order valence-electron chi connectivity index (χ3n) is 5.98. The molecule has 0 aliphatic rings. The second kappa shape index (κ2) is 9.65. The summed E-state index contributed by atoms with van der Waals surface area (Å²) in [6.07, 6.45) is 1.50. The van der Waals surface area contributed by atoms with Crippen LogP contribution in [0.2, 0.25) is 0 Å². The summed E-state index contributed by atoms with van der Waals surface area (Å²) in [5.41, 5.74) is 5.01. The molecule has 2 N–H and O–H groups in total. The van der Waals surface area contributed by atoms with E-state index in [2.05, 4.69) is 40.6 Å². The molecule has 0 aliphatic carbocycles. The van der Waals surface area contributed by atoms with Crippen molar-refractivity contribution in [2.45, 2.75) is 27.3 Å². The van der Waals surface area contributed by atoms with Crippen molar-refractivity contribution in [3.05, 3.63) is 76.4 Å². The Labute approximate surface area is 206 Å². The Balaban J connectivity index is 1.35. The molecular formula is C26H25FN6O3. The van der Waals surface area contributed by atoms with E-state index in [1.165, 1.54) is 6.33 Å². The van der Waals surface area contributed by atoms with Crippen LogP contribution in [0.4, 0.5) is 10.2 Å². The van der Waals surface area contributed by atoms with E-state index in [1.54, 1.807) is 18.2 Å². The van der Waals surface area contributed by atoms with E-state index in [1.807, 2.05) is 39.0 Å². The molecule has 10 heteroatoms. The minimum absolute atomic E-state index is 0.236. The van der Waals surface area contributed by atoms with Crippen molar-refractivity contribution in [3.8, 4) is 28.4 Å². The first-order valence-corrected chi connectivity index (χ1v) is 11.6. The minimum Gasteiger partial charge on any atom is -0.493 e. The zero-order chi connectivity index (χ0) is 25.2. The molecule has 0 amide bonds. The molecule has 0 bridgehead atoms. The molecule has 0 unspecified atom stereocenters. The van der Waals surface area contributed by atoms with Gasteiger partial charge in [0.1, 0.15) is 23.7 Å². The van der Waals surface area contributed by atoms with Gasteiger partial charge >= 0.3 is 5.76 Å².